The zero-order valence-corrected chi connectivity index (χ0v) is 13.1. The highest BCUT2D eigenvalue weighted by molar-refractivity contribution is 6.31. The smallest absolute Gasteiger partial charge is 0.124 e. The molecule has 0 heterocycles. The fourth-order valence-electron chi connectivity index (χ4n) is 3.03. The molecular weight excluding hydrogens is 270 g/mol. The molecule has 1 aromatic rings. The molecule has 1 aliphatic rings. The zero-order chi connectivity index (χ0) is 14.7. The minimum Gasteiger partial charge on any atom is -0.384 e. The molecule has 0 aliphatic heterocycles. The monoisotopic (exact) mass is 293 g/mol. The summed E-state index contributed by atoms with van der Waals surface area (Å²) in [4.78, 5) is 2.44. The number of nitrogens with zero attached hydrogens (tertiary/aromatic N) is 1. The molecule has 1 aliphatic carbocycles. The van der Waals surface area contributed by atoms with Gasteiger partial charge in [0.1, 0.15) is 5.84 Å². The first-order chi connectivity index (χ1) is 9.49. The predicted octanol–water partition coefficient (Wildman–Crippen LogP) is 4.03. The van der Waals surface area contributed by atoms with Gasteiger partial charge in [0.25, 0.3) is 0 Å². The lowest BCUT2D eigenvalue weighted by Crippen LogP contribution is -2.37. The van der Waals surface area contributed by atoms with Crippen LogP contribution in [0.3, 0.4) is 0 Å². The Hall–Kier alpha value is -1.22. The Morgan fingerprint density at radius 2 is 2.05 bits per heavy atom. The van der Waals surface area contributed by atoms with Crippen molar-refractivity contribution in [3.05, 3.63) is 28.8 Å². The van der Waals surface area contributed by atoms with E-state index in [0.29, 0.717) is 17.0 Å². The summed E-state index contributed by atoms with van der Waals surface area (Å²) in [6.45, 7) is 5.45. The first-order valence-corrected chi connectivity index (χ1v) is 7.77. The third-order valence-electron chi connectivity index (χ3n) is 3.89. The highest BCUT2D eigenvalue weighted by Crippen LogP contribution is 2.32. The highest BCUT2D eigenvalue weighted by atomic mass is 35.5. The number of nitrogen functional groups attached to an aromatic ring is 1. The fourth-order valence-corrected chi connectivity index (χ4v) is 3.20. The molecule has 0 radical (unpaired) electrons. The molecule has 2 rings (SSSR count). The van der Waals surface area contributed by atoms with E-state index < -0.39 is 0 Å². The first-order valence-electron chi connectivity index (χ1n) is 7.39. The predicted molar refractivity (Wildman–Crippen MR) is 86.9 cm³/mol. The molecule has 0 amide bonds. The molecule has 0 aromatic heterocycles. The number of hydrogen-bond donors (Lipinski definition) is 2. The van der Waals surface area contributed by atoms with Gasteiger partial charge in [0, 0.05) is 28.9 Å². The maximum Gasteiger partial charge on any atom is 0.124 e. The topological polar surface area (TPSA) is 53.1 Å². The van der Waals surface area contributed by atoms with Crippen LogP contribution < -0.4 is 10.6 Å². The quantitative estimate of drug-likeness (QED) is 0.636. The lowest BCUT2D eigenvalue weighted by Gasteiger charge is -2.34. The van der Waals surface area contributed by atoms with Gasteiger partial charge in [0.05, 0.1) is 0 Å². The van der Waals surface area contributed by atoms with Gasteiger partial charge >= 0.3 is 0 Å². The second kappa shape index (κ2) is 6.49. The van der Waals surface area contributed by atoms with Crippen molar-refractivity contribution < 1.29 is 0 Å². The van der Waals surface area contributed by atoms with Gasteiger partial charge in [-0.05, 0) is 37.0 Å². The Kier molecular flexibility index (Phi) is 4.92. The summed E-state index contributed by atoms with van der Waals surface area (Å²) in [5.41, 5.74) is 7.56. The number of anilines is 1. The minimum absolute atomic E-state index is 0.0919. The maximum absolute atomic E-state index is 7.81. The fraction of sp³-hybridized carbons (Fsp3) is 0.562. The van der Waals surface area contributed by atoms with Gasteiger partial charge in [-0.25, -0.2) is 0 Å². The normalized spacial score (nSPS) is 15.8. The molecule has 0 spiro atoms. The Labute approximate surface area is 126 Å². The molecule has 0 bridgehead atoms. The van der Waals surface area contributed by atoms with Gasteiger partial charge in [-0.3, -0.25) is 5.41 Å². The number of nitrogens with one attached hydrogen (secondary N) is 1. The molecule has 3 nitrogen and oxygen atoms in total. The van der Waals surface area contributed by atoms with Crippen LogP contribution in [0.5, 0.6) is 0 Å². The summed E-state index contributed by atoms with van der Waals surface area (Å²) in [7, 11) is 0. The van der Waals surface area contributed by atoms with E-state index in [1.165, 1.54) is 25.7 Å². The number of hydrogen-bond acceptors (Lipinski definition) is 2. The molecule has 20 heavy (non-hydrogen) atoms. The van der Waals surface area contributed by atoms with Gasteiger partial charge in [-0.1, -0.05) is 38.3 Å². The number of amidine groups is 1. The van der Waals surface area contributed by atoms with E-state index in [9.17, 15) is 0 Å². The van der Waals surface area contributed by atoms with Crippen molar-refractivity contribution >= 4 is 23.1 Å². The van der Waals surface area contributed by atoms with Crippen molar-refractivity contribution in [2.75, 3.05) is 11.4 Å². The average molecular weight is 294 g/mol. The lowest BCUT2D eigenvalue weighted by atomic mass is 10.1. The summed E-state index contributed by atoms with van der Waals surface area (Å²) in [5, 5.41) is 8.45. The third kappa shape index (κ3) is 3.45. The summed E-state index contributed by atoms with van der Waals surface area (Å²) in [6.07, 6.45) is 5.05. The Morgan fingerprint density at radius 3 is 2.60 bits per heavy atom. The van der Waals surface area contributed by atoms with Gasteiger partial charge in [-0.2, -0.15) is 0 Å². The van der Waals surface area contributed by atoms with E-state index in [4.69, 9.17) is 22.7 Å². The summed E-state index contributed by atoms with van der Waals surface area (Å²) in [6, 6.07) is 6.28. The highest BCUT2D eigenvalue weighted by Gasteiger charge is 2.25. The van der Waals surface area contributed by atoms with Crippen molar-refractivity contribution in [1.29, 1.82) is 5.41 Å². The van der Waals surface area contributed by atoms with Crippen LogP contribution in [-0.2, 0) is 0 Å². The first kappa shape index (κ1) is 15.2. The van der Waals surface area contributed by atoms with E-state index in [2.05, 4.69) is 18.7 Å². The summed E-state index contributed by atoms with van der Waals surface area (Å²) < 4.78 is 0. The molecule has 1 fully saturated rings. The molecule has 4 heteroatoms. The molecule has 0 unspecified atom stereocenters. The zero-order valence-electron chi connectivity index (χ0n) is 12.3. The largest absolute Gasteiger partial charge is 0.384 e. The summed E-state index contributed by atoms with van der Waals surface area (Å²) in [5.74, 6) is 0.667. The van der Waals surface area contributed by atoms with Crippen molar-refractivity contribution in [3.8, 4) is 0 Å². The van der Waals surface area contributed by atoms with E-state index in [0.717, 1.165) is 17.8 Å². The maximum atomic E-state index is 7.81. The van der Waals surface area contributed by atoms with Crippen LogP contribution in [0, 0.1) is 11.3 Å². The van der Waals surface area contributed by atoms with Crippen molar-refractivity contribution in [2.45, 2.75) is 45.6 Å². The summed E-state index contributed by atoms with van der Waals surface area (Å²) >= 11 is 6.06. The molecule has 0 atom stereocenters. The average Bonchev–Trinajstić information content (AvgIpc) is 2.89. The second-order valence-corrected chi connectivity index (χ2v) is 6.50. The number of benzene rings is 1. The lowest BCUT2D eigenvalue weighted by molar-refractivity contribution is 0.535. The Balaban J connectivity index is 2.39. The van der Waals surface area contributed by atoms with E-state index >= 15 is 0 Å². The van der Waals surface area contributed by atoms with Crippen LogP contribution >= 0.6 is 11.6 Å². The van der Waals surface area contributed by atoms with Gasteiger partial charge in [0.15, 0.2) is 0 Å². The van der Waals surface area contributed by atoms with E-state index in [-0.39, 0.29) is 5.84 Å². The molecule has 0 saturated heterocycles. The van der Waals surface area contributed by atoms with E-state index in [1.54, 1.807) is 0 Å². The van der Waals surface area contributed by atoms with E-state index in [1.807, 2.05) is 18.2 Å². The Morgan fingerprint density at radius 1 is 1.40 bits per heavy atom. The van der Waals surface area contributed by atoms with Gasteiger partial charge in [0.2, 0.25) is 0 Å². The molecular formula is C16H24ClN3. The third-order valence-corrected chi connectivity index (χ3v) is 4.12. The molecule has 3 N–H and O–H groups in total. The van der Waals surface area contributed by atoms with Crippen LogP contribution in [0.15, 0.2) is 18.2 Å². The SMILES string of the molecule is CC(C)CN(c1ccc(Cl)cc1C(=N)N)C1CCCC1. The molecule has 1 saturated carbocycles. The number of nitrogens with two attached hydrogens (primary N) is 1. The van der Waals surface area contributed by atoms with Crippen LogP contribution in [0.4, 0.5) is 5.69 Å². The van der Waals surface area contributed by atoms with Crippen molar-refractivity contribution in [3.63, 3.8) is 0 Å². The molecule has 110 valence electrons. The molecule has 1 aromatic carbocycles. The Bertz CT molecular complexity index is 479. The van der Waals surface area contributed by atoms with Crippen LogP contribution in [-0.4, -0.2) is 18.4 Å². The van der Waals surface area contributed by atoms with Gasteiger partial charge < -0.3 is 10.6 Å². The van der Waals surface area contributed by atoms with Crippen molar-refractivity contribution in [1.82, 2.24) is 0 Å². The van der Waals surface area contributed by atoms with Gasteiger partial charge in [-0.15, -0.1) is 0 Å². The minimum atomic E-state index is 0.0919. The standard InChI is InChI=1S/C16H24ClN3/c1-11(2)10-20(13-5-3-4-6-13)15-8-7-12(17)9-14(15)16(18)19/h7-9,11,13H,3-6,10H2,1-2H3,(H3,18,19). The van der Waals surface area contributed by atoms with Crippen LogP contribution in [0.25, 0.3) is 0 Å². The number of halogens is 1. The second-order valence-electron chi connectivity index (χ2n) is 6.06. The number of rotatable bonds is 5. The van der Waals surface area contributed by atoms with Crippen molar-refractivity contribution in [2.24, 2.45) is 11.7 Å². The van der Waals surface area contributed by atoms with Crippen LogP contribution in [0.1, 0.15) is 45.1 Å². The van der Waals surface area contributed by atoms with Crippen LogP contribution in [0.2, 0.25) is 5.02 Å².